The van der Waals surface area contributed by atoms with E-state index < -0.39 is 26.5 Å². The third-order valence-electron chi connectivity index (χ3n) is 1.35. The van der Waals surface area contributed by atoms with Gasteiger partial charge in [-0.1, -0.05) is 6.92 Å². The molecule has 6 heteroatoms. The summed E-state index contributed by atoms with van der Waals surface area (Å²) in [5.74, 6) is -1.00. The molecule has 2 nitrogen and oxygen atoms in total. The van der Waals surface area contributed by atoms with Crippen LogP contribution in [-0.2, 0) is 4.57 Å². The lowest BCUT2D eigenvalue weighted by molar-refractivity contribution is -0.140. The van der Waals surface area contributed by atoms with Gasteiger partial charge in [0.1, 0.15) is 0 Å². The van der Waals surface area contributed by atoms with Gasteiger partial charge in [-0.05, 0) is 11.1 Å². The van der Waals surface area contributed by atoms with E-state index >= 15 is 0 Å². The highest BCUT2D eigenvalue weighted by atomic mass is 31.1. The summed E-state index contributed by atoms with van der Waals surface area (Å²) in [6.45, 7) is 4.33. The van der Waals surface area contributed by atoms with Crippen LogP contribution in [0.25, 0.3) is 0 Å². The zero-order chi connectivity index (χ0) is 9.94. The smallest absolute Gasteiger partial charge is 0.171 e. The lowest BCUT2D eigenvalue weighted by Gasteiger charge is -2.08. The molecule has 2 unspecified atom stereocenters. The quantitative estimate of drug-likeness (QED) is 0.713. The molecule has 0 aliphatic rings. The average Bonchev–Trinajstić information content (AvgIpc) is 1.82. The van der Waals surface area contributed by atoms with Crippen LogP contribution in [-0.4, -0.2) is 11.1 Å². The standard InChI is InChI=1S/C6H8F3O2P/c1-4(3-6(7,8)9)5(2)12(10)11/h4H,2-3H2,1H3/p+1. The van der Waals surface area contributed by atoms with E-state index in [4.69, 9.17) is 4.89 Å². The van der Waals surface area contributed by atoms with Crippen molar-refractivity contribution in [2.24, 2.45) is 5.92 Å². The third-order valence-corrected chi connectivity index (χ3v) is 2.28. The van der Waals surface area contributed by atoms with Crippen molar-refractivity contribution in [2.75, 3.05) is 0 Å². The fourth-order valence-corrected chi connectivity index (χ4v) is 1.12. The lowest BCUT2D eigenvalue weighted by Crippen LogP contribution is -2.13. The molecule has 70 valence electrons. The fourth-order valence-electron chi connectivity index (χ4n) is 0.654. The van der Waals surface area contributed by atoms with E-state index in [2.05, 4.69) is 6.58 Å². The van der Waals surface area contributed by atoms with Crippen LogP contribution in [0.5, 0.6) is 0 Å². The first-order chi connectivity index (χ1) is 5.24. The Kier molecular flexibility index (Phi) is 3.87. The minimum absolute atomic E-state index is 0.262. The van der Waals surface area contributed by atoms with Crippen molar-refractivity contribution in [1.29, 1.82) is 0 Å². The lowest BCUT2D eigenvalue weighted by atomic mass is 10.1. The Morgan fingerprint density at radius 2 is 2.08 bits per heavy atom. The molecule has 0 spiro atoms. The second-order valence-corrected chi connectivity index (χ2v) is 3.60. The predicted octanol–water partition coefficient (Wildman–Crippen LogP) is 2.82. The van der Waals surface area contributed by atoms with Crippen LogP contribution >= 0.6 is 8.03 Å². The van der Waals surface area contributed by atoms with Gasteiger partial charge in [-0.25, -0.2) is 0 Å². The SMILES string of the molecule is C=C(C(C)CC(F)(F)F)[P+](=O)O. The second-order valence-electron chi connectivity index (χ2n) is 2.48. The molecule has 0 radical (unpaired) electrons. The largest absolute Gasteiger partial charge is 0.541 e. The van der Waals surface area contributed by atoms with Gasteiger partial charge in [0, 0.05) is 5.92 Å². The monoisotopic (exact) mass is 201 g/mol. The molecule has 0 heterocycles. The summed E-state index contributed by atoms with van der Waals surface area (Å²) < 4.78 is 45.4. The molecule has 0 aromatic heterocycles. The Morgan fingerprint density at radius 3 is 2.33 bits per heavy atom. The summed E-state index contributed by atoms with van der Waals surface area (Å²) >= 11 is 0. The van der Waals surface area contributed by atoms with Crippen molar-refractivity contribution in [1.82, 2.24) is 0 Å². The van der Waals surface area contributed by atoms with Crippen molar-refractivity contribution in [3.63, 3.8) is 0 Å². The highest BCUT2D eigenvalue weighted by Crippen LogP contribution is 2.37. The normalized spacial score (nSPS) is 15.6. The van der Waals surface area contributed by atoms with E-state index in [0.717, 1.165) is 0 Å². The minimum atomic E-state index is -4.31. The van der Waals surface area contributed by atoms with E-state index in [0.29, 0.717) is 0 Å². The summed E-state index contributed by atoms with van der Waals surface area (Å²) in [6, 6.07) is 0. The van der Waals surface area contributed by atoms with E-state index in [1.807, 2.05) is 0 Å². The second kappa shape index (κ2) is 4.01. The number of allylic oxidation sites excluding steroid dienone is 1. The van der Waals surface area contributed by atoms with Crippen molar-refractivity contribution < 1.29 is 22.6 Å². The summed E-state index contributed by atoms with van der Waals surface area (Å²) in [4.78, 5) is 8.43. The van der Waals surface area contributed by atoms with Crippen molar-refractivity contribution in [2.45, 2.75) is 19.5 Å². The number of alkyl halides is 3. The van der Waals surface area contributed by atoms with Crippen LogP contribution in [0.15, 0.2) is 11.9 Å². The molecule has 0 bridgehead atoms. The highest BCUT2D eigenvalue weighted by molar-refractivity contribution is 7.43. The van der Waals surface area contributed by atoms with Gasteiger partial charge in [0.15, 0.2) is 5.31 Å². The van der Waals surface area contributed by atoms with Crippen molar-refractivity contribution in [3.8, 4) is 0 Å². The molecule has 0 fully saturated rings. The first-order valence-corrected chi connectivity index (χ1v) is 4.37. The van der Waals surface area contributed by atoms with Crippen LogP contribution in [0.3, 0.4) is 0 Å². The molecule has 0 aliphatic carbocycles. The topological polar surface area (TPSA) is 37.3 Å². The average molecular weight is 201 g/mol. The predicted molar refractivity (Wildman–Crippen MR) is 38.8 cm³/mol. The van der Waals surface area contributed by atoms with Crippen LogP contribution in [0.1, 0.15) is 13.3 Å². The first-order valence-electron chi connectivity index (χ1n) is 3.15. The highest BCUT2D eigenvalue weighted by Gasteiger charge is 2.36. The summed E-state index contributed by atoms with van der Waals surface area (Å²) in [5.41, 5.74) is 0. The van der Waals surface area contributed by atoms with Gasteiger partial charge in [0.05, 0.1) is 6.42 Å². The molecule has 0 aliphatic heterocycles. The van der Waals surface area contributed by atoms with Gasteiger partial charge < -0.3 is 0 Å². The number of halogens is 3. The van der Waals surface area contributed by atoms with Crippen molar-refractivity contribution in [3.05, 3.63) is 11.9 Å². The van der Waals surface area contributed by atoms with E-state index in [-0.39, 0.29) is 5.31 Å². The Balaban J connectivity index is 4.14. The molecule has 0 aromatic rings. The summed E-state index contributed by atoms with van der Waals surface area (Å²) in [5, 5.41) is -0.262. The van der Waals surface area contributed by atoms with Crippen LogP contribution in [0.4, 0.5) is 13.2 Å². The van der Waals surface area contributed by atoms with Crippen molar-refractivity contribution >= 4 is 8.03 Å². The Hall–Kier alpha value is -0.410. The maximum Gasteiger partial charge on any atom is 0.541 e. The molecule has 0 saturated heterocycles. The van der Waals surface area contributed by atoms with Crippen LogP contribution < -0.4 is 0 Å². The van der Waals surface area contributed by atoms with Crippen LogP contribution in [0, 0.1) is 5.92 Å². The molecule has 0 amide bonds. The van der Waals surface area contributed by atoms with Gasteiger partial charge in [0.25, 0.3) is 0 Å². The molecular formula is C6H9F3O2P+. The molecule has 0 aromatic carbocycles. The molecule has 2 atom stereocenters. The summed E-state index contributed by atoms with van der Waals surface area (Å²) in [6.07, 6.45) is -5.42. The number of hydrogen-bond donors (Lipinski definition) is 1. The third kappa shape index (κ3) is 4.46. The number of hydrogen-bond acceptors (Lipinski definition) is 1. The van der Waals surface area contributed by atoms with Gasteiger partial charge in [-0.15, -0.1) is 0 Å². The zero-order valence-electron chi connectivity index (χ0n) is 6.43. The molecule has 0 rings (SSSR count). The zero-order valence-corrected chi connectivity index (χ0v) is 7.32. The van der Waals surface area contributed by atoms with Crippen LogP contribution in [0.2, 0.25) is 0 Å². The van der Waals surface area contributed by atoms with Gasteiger partial charge >= 0.3 is 14.2 Å². The Bertz CT molecular complexity index is 199. The molecule has 1 N–H and O–H groups in total. The number of rotatable bonds is 3. The Morgan fingerprint density at radius 1 is 1.67 bits per heavy atom. The maximum atomic E-state index is 11.7. The minimum Gasteiger partial charge on any atom is -0.171 e. The molecule has 12 heavy (non-hydrogen) atoms. The van der Waals surface area contributed by atoms with Gasteiger partial charge in [0.2, 0.25) is 0 Å². The van der Waals surface area contributed by atoms with E-state index in [1.54, 1.807) is 0 Å². The van der Waals surface area contributed by atoms with Gasteiger partial charge in [-0.3, -0.25) is 0 Å². The molecular weight excluding hydrogens is 192 g/mol. The maximum absolute atomic E-state index is 11.7. The van der Waals surface area contributed by atoms with Gasteiger partial charge in [-0.2, -0.15) is 18.1 Å². The first kappa shape index (κ1) is 11.6. The van der Waals surface area contributed by atoms with E-state index in [1.165, 1.54) is 6.92 Å². The molecule has 0 saturated carbocycles. The summed E-state index contributed by atoms with van der Waals surface area (Å²) in [7, 11) is -2.70. The fraction of sp³-hybridized carbons (Fsp3) is 0.667. The Labute approximate surface area is 69.0 Å². The van der Waals surface area contributed by atoms with E-state index in [9.17, 15) is 17.7 Å².